The summed E-state index contributed by atoms with van der Waals surface area (Å²) in [4.78, 5) is 2.53. The summed E-state index contributed by atoms with van der Waals surface area (Å²) in [5.74, 6) is 0. The summed E-state index contributed by atoms with van der Waals surface area (Å²) in [6, 6.07) is 9.32. The van der Waals surface area contributed by atoms with Crippen LogP contribution in [0, 0.1) is 12.3 Å². The van der Waals surface area contributed by atoms with E-state index in [2.05, 4.69) is 62.3 Å². The standard InChI is InChI=1S/C15H24N2/c1-12-7-5-6-8-13(12)17-10-9-14(16-4)15(2,3)11-17/h5-8,14,16H,9-11H2,1-4H3. The van der Waals surface area contributed by atoms with Gasteiger partial charge in [-0.3, -0.25) is 0 Å². The van der Waals surface area contributed by atoms with E-state index in [1.807, 2.05) is 0 Å². The Labute approximate surface area is 105 Å². The Morgan fingerprint density at radius 1 is 1.29 bits per heavy atom. The van der Waals surface area contributed by atoms with Crippen molar-refractivity contribution in [3.63, 3.8) is 0 Å². The monoisotopic (exact) mass is 232 g/mol. The molecule has 1 atom stereocenters. The molecule has 17 heavy (non-hydrogen) atoms. The van der Waals surface area contributed by atoms with Crippen molar-refractivity contribution in [1.29, 1.82) is 0 Å². The first-order valence-corrected chi connectivity index (χ1v) is 6.52. The zero-order valence-electron chi connectivity index (χ0n) is 11.5. The van der Waals surface area contributed by atoms with Crippen LogP contribution >= 0.6 is 0 Å². The van der Waals surface area contributed by atoms with Crippen LogP contribution < -0.4 is 10.2 Å². The molecule has 0 amide bonds. The fourth-order valence-corrected chi connectivity index (χ4v) is 3.02. The van der Waals surface area contributed by atoms with Crippen molar-refractivity contribution in [3.8, 4) is 0 Å². The van der Waals surface area contributed by atoms with Crippen LogP contribution in [0.1, 0.15) is 25.8 Å². The molecule has 0 aliphatic carbocycles. The van der Waals surface area contributed by atoms with Crippen molar-refractivity contribution in [3.05, 3.63) is 29.8 Å². The van der Waals surface area contributed by atoms with Crippen LogP contribution in [0.15, 0.2) is 24.3 Å². The number of anilines is 1. The van der Waals surface area contributed by atoms with Gasteiger partial charge >= 0.3 is 0 Å². The highest BCUT2D eigenvalue weighted by atomic mass is 15.2. The number of nitrogens with zero attached hydrogens (tertiary/aromatic N) is 1. The predicted molar refractivity (Wildman–Crippen MR) is 74.6 cm³/mol. The molecule has 0 radical (unpaired) electrons. The Morgan fingerprint density at radius 2 is 2.00 bits per heavy atom. The van der Waals surface area contributed by atoms with E-state index >= 15 is 0 Å². The molecule has 94 valence electrons. The zero-order valence-corrected chi connectivity index (χ0v) is 11.5. The number of hydrogen-bond donors (Lipinski definition) is 1. The van der Waals surface area contributed by atoms with Crippen molar-refractivity contribution in [2.24, 2.45) is 5.41 Å². The van der Waals surface area contributed by atoms with Crippen molar-refractivity contribution >= 4 is 5.69 Å². The third-order valence-corrected chi connectivity index (χ3v) is 4.03. The smallest absolute Gasteiger partial charge is 0.0396 e. The first-order chi connectivity index (χ1) is 8.04. The zero-order chi connectivity index (χ0) is 12.5. The minimum Gasteiger partial charge on any atom is -0.371 e. The van der Waals surface area contributed by atoms with Crippen LogP contribution in [-0.4, -0.2) is 26.2 Å². The molecule has 2 heteroatoms. The lowest BCUT2D eigenvalue weighted by Gasteiger charge is -2.45. The minimum atomic E-state index is 0.329. The maximum atomic E-state index is 3.45. The van der Waals surface area contributed by atoms with E-state index in [4.69, 9.17) is 0 Å². The van der Waals surface area contributed by atoms with E-state index in [-0.39, 0.29) is 0 Å². The maximum Gasteiger partial charge on any atom is 0.0396 e. The van der Waals surface area contributed by atoms with E-state index in [1.54, 1.807) is 0 Å². The highest BCUT2D eigenvalue weighted by Gasteiger charge is 2.35. The van der Waals surface area contributed by atoms with Crippen LogP contribution in [0.4, 0.5) is 5.69 Å². The van der Waals surface area contributed by atoms with Gasteiger partial charge in [0.15, 0.2) is 0 Å². The molecule has 2 rings (SSSR count). The first kappa shape index (κ1) is 12.4. The Bertz CT molecular complexity index is 384. The highest BCUT2D eigenvalue weighted by Crippen LogP contribution is 2.33. The van der Waals surface area contributed by atoms with Gasteiger partial charge in [-0.2, -0.15) is 0 Å². The lowest BCUT2D eigenvalue weighted by Crippen LogP contribution is -2.53. The molecule has 1 aromatic rings. The van der Waals surface area contributed by atoms with Crippen molar-refractivity contribution in [2.45, 2.75) is 33.2 Å². The fraction of sp³-hybridized carbons (Fsp3) is 0.600. The molecule has 1 aliphatic rings. The number of rotatable bonds is 2. The minimum absolute atomic E-state index is 0.329. The molecule has 1 N–H and O–H groups in total. The lowest BCUT2D eigenvalue weighted by molar-refractivity contribution is 0.215. The van der Waals surface area contributed by atoms with E-state index in [0.29, 0.717) is 11.5 Å². The van der Waals surface area contributed by atoms with Gasteiger partial charge in [0.25, 0.3) is 0 Å². The second-order valence-corrected chi connectivity index (χ2v) is 5.83. The number of aryl methyl sites for hydroxylation is 1. The number of benzene rings is 1. The highest BCUT2D eigenvalue weighted by molar-refractivity contribution is 5.53. The first-order valence-electron chi connectivity index (χ1n) is 6.52. The summed E-state index contributed by atoms with van der Waals surface area (Å²) in [7, 11) is 2.08. The van der Waals surface area contributed by atoms with Gasteiger partial charge in [-0.05, 0) is 37.4 Å². The summed E-state index contributed by atoms with van der Waals surface area (Å²) in [5.41, 5.74) is 3.11. The van der Waals surface area contributed by atoms with Gasteiger partial charge in [-0.1, -0.05) is 32.0 Å². The van der Waals surface area contributed by atoms with Crippen LogP contribution in [0.3, 0.4) is 0 Å². The molecule has 0 aromatic heterocycles. The van der Waals surface area contributed by atoms with Gasteiger partial charge in [0, 0.05) is 24.8 Å². The van der Waals surface area contributed by atoms with E-state index in [0.717, 1.165) is 13.1 Å². The Hall–Kier alpha value is -1.02. The average Bonchev–Trinajstić information content (AvgIpc) is 2.28. The normalized spacial score (nSPS) is 23.8. The topological polar surface area (TPSA) is 15.3 Å². The number of nitrogens with one attached hydrogen (secondary N) is 1. The van der Waals surface area contributed by atoms with Gasteiger partial charge in [-0.15, -0.1) is 0 Å². The van der Waals surface area contributed by atoms with E-state index < -0.39 is 0 Å². The summed E-state index contributed by atoms with van der Waals surface area (Å²) >= 11 is 0. The molecule has 0 saturated carbocycles. The number of piperidine rings is 1. The third-order valence-electron chi connectivity index (χ3n) is 4.03. The van der Waals surface area contributed by atoms with Crippen LogP contribution in [0.5, 0.6) is 0 Å². The van der Waals surface area contributed by atoms with Crippen molar-refractivity contribution < 1.29 is 0 Å². The van der Waals surface area contributed by atoms with Crippen LogP contribution in [0.25, 0.3) is 0 Å². The number of hydrogen-bond acceptors (Lipinski definition) is 2. The van der Waals surface area contributed by atoms with Gasteiger partial charge in [-0.25, -0.2) is 0 Å². The van der Waals surface area contributed by atoms with Gasteiger partial charge in [0.1, 0.15) is 0 Å². The summed E-state index contributed by atoms with van der Waals surface area (Å²) in [6.45, 7) is 9.20. The molecular weight excluding hydrogens is 208 g/mol. The average molecular weight is 232 g/mol. The third kappa shape index (κ3) is 2.47. The molecule has 1 unspecified atom stereocenters. The van der Waals surface area contributed by atoms with E-state index in [9.17, 15) is 0 Å². The van der Waals surface area contributed by atoms with Gasteiger partial charge in [0.2, 0.25) is 0 Å². The summed E-state index contributed by atoms with van der Waals surface area (Å²) in [6.07, 6.45) is 1.22. The molecule has 1 aromatic carbocycles. The maximum absolute atomic E-state index is 3.45. The Morgan fingerprint density at radius 3 is 2.59 bits per heavy atom. The van der Waals surface area contributed by atoms with Crippen LogP contribution in [-0.2, 0) is 0 Å². The second-order valence-electron chi connectivity index (χ2n) is 5.83. The molecule has 1 saturated heterocycles. The van der Waals surface area contributed by atoms with Crippen molar-refractivity contribution in [2.75, 3.05) is 25.0 Å². The molecule has 0 spiro atoms. The largest absolute Gasteiger partial charge is 0.371 e. The summed E-state index contributed by atoms with van der Waals surface area (Å²) in [5, 5.41) is 3.45. The Kier molecular flexibility index (Phi) is 3.43. The molecule has 1 heterocycles. The molecule has 0 bridgehead atoms. The molecule has 1 aliphatic heterocycles. The molecule has 2 nitrogen and oxygen atoms in total. The second kappa shape index (κ2) is 4.69. The lowest BCUT2D eigenvalue weighted by atomic mass is 9.79. The Balaban J connectivity index is 2.18. The predicted octanol–water partition coefficient (Wildman–Crippen LogP) is 2.82. The van der Waals surface area contributed by atoms with Crippen LogP contribution in [0.2, 0.25) is 0 Å². The quantitative estimate of drug-likeness (QED) is 0.843. The SMILES string of the molecule is CNC1CCN(c2ccccc2C)CC1(C)C. The van der Waals surface area contributed by atoms with Gasteiger partial charge < -0.3 is 10.2 Å². The summed E-state index contributed by atoms with van der Waals surface area (Å²) < 4.78 is 0. The van der Waals surface area contributed by atoms with Gasteiger partial charge in [0.05, 0.1) is 0 Å². The van der Waals surface area contributed by atoms with Crippen molar-refractivity contribution in [1.82, 2.24) is 5.32 Å². The fourth-order valence-electron chi connectivity index (χ4n) is 3.02. The number of para-hydroxylation sites is 1. The van der Waals surface area contributed by atoms with E-state index in [1.165, 1.54) is 17.7 Å². The molecule has 1 fully saturated rings. The molecular formula is C15H24N2.